The molecule has 10 heteroatoms. The summed E-state index contributed by atoms with van der Waals surface area (Å²) >= 11 is 0. The summed E-state index contributed by atoms with van der Waals surface area (Å²) in [5, 5.41) is 15.7. The van der Waals surface area contributed by atoms with Crippen LogP contribution in [0.15, 0.2) is 48.5 Å². The van der Waals surface area contributed by atoms with Crippen LogP contribution in [0.5, 0.6) is 5.75 Å². The normalized spacial score (nSPS) is 11.1. The third-order valence-electron chi connectivity index (χ3n) is 3.76. The Hall–Kier alpha value is -3.95. The van der Waals surface area contributed by atoms with Crippen molar-refractivity contribution >= 4 is 29.2 Å². The van der Waals surface area contributed by atoms with Gasteiger partial charge in [-0.25, -0.2) is 0 Å². The first-order valence-corrected chi connectivity index (χ1v) is 8.48. The molecule has 0 radical (unpaired) electrons. The number of methoxy groups -OCH3 is 1. The average molecular weight is 401 g/mol. The summed E-state index contributed by atoms with van der Waals surface area (Å²) in [5.74, 6) is -1.83. The van der Waals surface area contributed by atoms with E-state index in [-0.39, 0.29) is 17.1 Å². The van der Waals surface area contributed by atoms with Crippen molar-refractivity contribution in [2.24, 2.45) is 0 Å². The fraction of sp³-hybridized carbons (Fsp3) is 0.211. The van der Waals surface area contributed by atoms with Gasteiger partial charge in [0.15, 0.2) is 6.10 Å². The summed E-state index contributed by atoms with van der Waals surface area (Å²) in [6, 6.07) is 12.0. The van der Waals surface area contributed by atoms with Gasteiger partial charge in [-0.3, -0.25) is 24.5 Å². The molecule has 0 spiro atoms. The Labute approximate surface area is 166 Å². The highest BCUT2D eigenvalue weighted by Crippen LogP contribution is 2.29. The molecule has 0 saturated heterocycles. The molecule has 2 aromatic rings. The molecule has 2 N–H and O–H groups in total. The Morgan fingerprint density at radius 2 is 1.83 bits per heavy atom. The molecule has 2 amide bonds. The number of amides is 2. The molecular weight excluding hydrogens is 382 g/mol. The molecule has 0 bridgehead atoms. The number of carbonyl (C=O) groups is 3. The van der Waals surface area contributed by atoms with E-state index in [1.165, 1.54) is 26.2 Å². The van der Waals surface area contributed by atoms with Gasteiger partial charge < -0.3 is 20.1 Å². The van der Waals surface area contributed by atoms with Gasteiger partial charge >= 0.3 is 5.97 Å². The highest BCUT2D eigenvalue weighted by atomic mass is 16.6. The fourth-order valence-electron chi connectivity index (χ4n) is 2.27. The smallest absolute Gasteiger partial charge is 0.326 e. The van der Waals surface area contributed by atoms with E-state index < -0.39 is 35.4 Å². The number of nitrogens with zero attached hydrogens (tertiary/aromatic N) is 1. The molecule has 0 aliphatic carbocycles. The number of hydrogen-bond donors (Lipinski definition) is 2. The Balaban J connectivity index is 1.89. The van der Waals surface area contributed by atoms with Crippen LogP contribution in [-0.4, -0.2) is 42.5 Å². The van der Waals surface area contributed by atoms with Gasteiger partial charge in [-0.05, 0) is 25.1 Å². The van der Waals surface area contributed by atoms with Crippen LogP contribution in [0.1, 0.15) is 17.3 Å². The number of rotatable bonds is 8. The van der Waals surface area contributed by atoms with Gasteiger partial charge in [-0.2, -0.15) is 0 Å². The van der Waals surface area contributed by atoms with Gasteiger partial charge in [0.1, 0.15) is 12.3 Å². The zero-order chi connectivity index (χ0) is 21.4. The molecule has 2 rings (SSSR count). The minimum Gasteiger partial charge on any atom is -0.494 e. The maximum absolute atomic E-state index is 12.2. The van der Waals surface area contributed by atoms with Crippen LogP contribution in [0.3, 0.4) is 0 Å². The lowest BCUT2D eigenvalue weighted by atomic mass is 10.2. The van der Waals surface area contributed by atoms with E-state index in [2.05, 4.69) is 10.6 Å². The highest BCUT2D eigenvalue weighted by Gasteiger charge is 2.21. The quantitative estimate of drug-likeness (QED) is 0.391. The number of benzene rings is 2. The second-order valence-electron chi connectivity index (χ2n) is 5.81. The maximum atomic E-state index is 12.2. The zero-order valence-electron chi connectivity index (χ0n) is 15.7. The largest absolute Gasteiger partial charge is 0.494 e. The van der Waals surface area contributed by atoms with Crippen molar-refractivity contribution in [2.45, 2.75) is 13.0 Å². The third kappa shape index (κ3) is 6.03. The number of nitro groups is 1. The Morgan fingerprint density at radius 3 is 2.45 bits per heavy atom. The lowest BCUT2D eigenvalue weighted by Gasteiger charge is -2.15. The fourth-order valence-corrected chi connectivity index (χ4v) is 2.27. The van der Waals surface area contributed by atoms with E-state index >= 15 is 0 Å². The maximum Gasteiger partial charge on any atom is 0.326 e. The van der Waals surface area contributed by atoms with E-state index in [9.17, 15) is 24.5 Å². The molecule has 2 aromatic carbocycles. The van der Waals surface area contributed by atoms with Crippen molar-refractivity contribution in [3.05, 3.63) is 64.2 Å². The monoisotopic (exact) mass is 401 g/mol. The van der Waals surface area contributed by atoms with E-state index in [1.54, 1.807) is 30.3 Å². The molecule has 0 unspecified atom stereocenters. The van der Waals surface area contributed by atoms with Gasteiger partial charge in [0.05, 0.1) is 23.8 Å². The standard InChI is InChI=1S/C19H19N3O7/c1-12(29-17(23)11-20-19(25)13-6-4-3-5-7-13)18(24)21-15-9-8-14(22(26)27)10-16(15)28-2/h3-10,12H,11H2,1-2H3,(H,20,25)(H,21,24)/t12-/m0/s1. The van der Waals surface area contributed by atoms with Crippen molar-refractivity contribution in [2.75, 3.05) is 19.0 Å². The second kappa shape index (κ2) is 9.83. The number of esters is 1. The molecule has 29 heavy (non-hydrogen) atoms. The van der Waals surface area contributed by atoms with Crippen LogP contribution in [0.4, 0.5) is 11.4 Å². The van der Waals surface area contributed by atoms with Crippen LogP contribution in [0.25, 0.3) is 0 Å². The van der Waals surface area contributed by atoms with Gasteiger partial charge in [-0.15, -0.1) is 0 Å². The van der Waals surface area contributed by atoms with Gasteiger partial charge in [0.2, 0.25) is 0 Å². The molecule has 0 saturated carbocycles. The predicted octanol–water partition coefficient (Wildman–Crippen LogP) is 1.90. The van der Waals surface area contributed by atoms with Crippen molar-refractivity contribution in [1.82, 2.24) is 5.32 Å². The summed E-state index contributed by atoms with van der Waals surface area (Å²) in [4.78, 5) is 46.2. The molecule has 0 aliphatic heterocycles. The highest BCUT2D eigenvalue weighted by molar-refractivity contribution is 5.98. The van der Waals surface area contributed by atoms with Crippen LogP contribution in [0.2, 0.25) is 0 Å². The number of nitro benzene ring substituents is 1. The number of nitrogens with one attached hydrogen (secondary N) is 2. The lowest BCUT2D eigenvalue weighted by molar-refractivity contribution is -0.384. The molecule has 10 nitrogen and oxygen atoms in total. The number of anilines is 1. The van der Waals surface area contributed by atoms with Crippen molar-refractivity contribution in [3.8, 4) is 5.75 Å². The topological polar surface area (TPSA) is 137 Å². The minimum atomic E-state index is -1.17. The molecule has 0 aliphatic rings. The molecule has 0 aromatic heterocycles. The van der Waals surface area contributed by atoms with E-state index in [4.69, 9.17) is 9.47 Å². The number of non-ortho nitro benzene ring substituents is 1. The summed E-state index contributed by atoms with van der Waals surface area (Å²) in [7, 11) is 1.30. The van der Waals surface area contributed by atoms with E-state index in [1.807, 2.05) is 0 Å². The van der Waals surface area contributed by atoms with Gasteiger partial charge in [-0.1, -0.05) is 18.2 Å². The first-order valence-electron chi connectivity index (χ1n) is 8.48. The number of hydrogen-bond acceptors (Lipinski definition) is 7. The first kappa shape index (κ1) is 21.4. The molecular formula is C19H19N3O7. The molecule has 152 valence electrons. The number of ether oxygens (including phenoxy) is 2. The van der Waals surface area contributed by atoms with Crippen molar-refractivity contribution < 1.29 is 28.8 Å². The Bertz CT molecular complexity index is 915. The van der Waals surface area contributed by atoms with Crippen LogP contribution in [0, 0.1) is 10.1 Å². The second-order valence-corrected chi connectivity index (χ2v) is 5.81. The van der Waals surface area contributed by atoms with Crippen LogP contribution >= 0.6 is 0 Å². The summed E-state index contributed by atoms with van der Waals surface area (Å²) in [6.45, 7) is 0.941. The average Bonchev–Trinajstić information content (AvgIpc) is 2.72. The molecule has 1 atom stereocenters. The van der Waals surface area contributed by atoms with Gasteiger partial charge in [0, 0.05) is 11.6 Å². The SMILES string of the molecule is COc1cc([N+](=O)[O-])ccc1NC(=O)[C@H](C)OC(=O)CNC(=O)c1ccccc1. The molecule has 0 heterocycles. The van der Waals surface area contributed by atoms with E-state index in [0.717, 1.165) is 6.07 Å². The number of carbonyl (C=O) groups excluding carboxylic acids is 3. The zero-order valence-corrected chi connectivity index (χ0v) is 15.7. The summed E-state index contributed by atoms with van der Waals surface area (Å²) in [5.41, 5.74) is 0.369. The summed E-state index contributed by atoms with van der Waals surface area (Å²) in [6.07, 6.45) is -1.17. The van der Waals surface area contributed by atoms with Crippen LogP contribution in [-0.2, 0) is 14.3 Å². The predicted molar refractivity (Wildman–Crippen MR) is 103 cm³/mol. The molecule has 0 fully saturated rings. The minimum absolute atomic E-state index is 0.0844. The van der Waals surface area contributed by atoms with E-state index in [0.29, 0.717) is 5.56 Å². The lowest BCUT2D eigenvalue weighted by Crippen LogP contribution is -2.35. The van der Waals surface area contributed by atoms with Crippen molar-refractivity contribution in [1.29, 1.82) is 0 Å². The van der Waals surface area contributed by atoms with Gasteiger partial charge in [0.25, 0.3) is 17.5 Å². The Morgan fingerprint density at radius 1 is 1.14 bits per heavy atom. The Kier molecular flexibility index (Phi) is 7.24. The third-order valence-corrected chi connectivity index (χ3v) is 3.76. The summed E-state index contributed by atoms with van der Waals surface area (Å²) < 4.78 is 10.0. The van der Waals surface area contributed by atoms with Crippen LogP contribution < -0.4 is 15.4 Å². The van der Waals surface area contributed by atoms with Crippen molar-refractivity contribution in [3.63, 3.8) is 0 Å². The first-order chi connectivity index (χ1) is 13.8.